The second-order valence-corrected chi connectivity index (χ2v) is 8.57. The maximum absolute atomic E-state index is 14.5. The molecular weight excluding hydrogens is 484 g/mol. The molecule has 3 N–H and O–H groups in total. The Balaban J connectivity index is 2.19. The van der Waals surface area contributed by atoms with E-state index < -0.39 is 47.5 Å². The summed E-state index contributed by atoms with van der Waals surface area (Å²) in [6.07, 6.45) is -0.491. The number of carbonyl (C=O) groups is 4. The van der Waals surface area contributed by atoms with E-state index in [2.05, 4.69) is 5.32 Å². The SMILES string of the molecule is CCOC(=O)C[C@H](C(=O)OCC)[C@H](NC(=O)C(c1ccccc1)(c1ccccc1)c1ccccc1)C(N)=O. The molecule has 3 aromatic rings. The molecule has 0 aliphatic carbocycles. The van der Waals surface area contributed by atoms with Gasteiger partial charge in [-0.3, -0.25) is 19.2 Å². The van der Waals surface area contributed by atoms with Gasteiger partial charge in [-0.2, -0.15) is 0 Å². The second-order valence-electron chi connectivity index (χ2n) is 8.57. The van der Waals surface area contributed by atoms with Crippen LogP contribution in [-0.2, 0) is 34.1 Å². The van der Waals surface area contributed by atoms with E-state index in [0.717, 1.165) is 0 Å². The smallest absolute Gasteiger partial charge is 0.312 e. The summed E-state index contributed by atoms with van der Waals surface area (Å²) in [5.41, 5.74) is 6.21. The molecule has 0 bridgehead atoms. The molecule has 0 aliphatic rings. The first kappa shape index (κ1) is 28.1. The van der Waals surface area contributed by atoms with Crippen molar-refractivity contribution >= 4 is 23.8 Å². The van der Waals surface area contributed by atoms with Crippen LogP contribution in [0.3, 0.4) is 0 Å². The number of amides is 2. The zero-order chi connectivity index (χ0) is 27.5. The van der Waals surface area contributed by atoms with E-state index in [9.17, 15) is 19.2 Å². The summed E-state index contributed by atoms with van der Waals surface area (Å²) < 4.78 is 10.1. The van der Waals surface area contributed by atoms with Gasteiger partial charge in [0.15, 0.2) is 0 Å². The largest absolute Gasteiger partial charge is 0.466 e. The van der Waals surface area contributed by atoms with Crippen LogP contribution in [0.4, 0.5) is 0 Å². The van der Waals surface area contributed by atoms with Gasteiger partial charge in [0.1, 0.15) is 11.5 Å². The maximum Gasteiger partial charge on any atom is 0.312 e. The number of ether oxygens (including phenoxy) is 2. The molecule has 0 spiro atoms. The lowest BCUT2D eigenvalue weighted by atomic mass is 9.68. The molecule has 0 aliphatic heterocycles. The first-order chi connectivity index (χ1) is 18.4. The van der Waals surface area contributed by atoms with Gasteiger partial charge in [0.25, 0.3) is 0 Å². The number of benzene rings is 3. The standard InChI is InChI=1S/C30H32N2O6/c1-3-37-25(33)20-24(28(35)38-4-2)26(27(31)34)32-29(36)30(21-14-8-5-9-15-21,22-16-10-6-11-17-22)23-18-12-7-13-19-23/h5-19,24,26H,3-4,20H2,1-2H3,(H2,31,34)(H,32,36)/t24-,26-/m0/s1. The van der Waals surface area contributed by atoms with E-state index in [0.29, 0.717) is 16.7 Å². The fourth-order valence-electron chi connectivity index (χ4n) is 4.56. The number of hydrogen-bond acceptors (Lipinski definition) is 6. The Bertz CT molecular complexity index is 1130. The Hall–Kier alpha value is -4.46. The zero-order valence-electron chi connectivity index (χ0n) is 21.5. The molecule has 0 saturated carbocycles. The highest BCUT2D eigenvalue weighted by Crippen LogP contribution is 2.40. The van der Waals surface area contributed by atoms with Gasteiger partial charge in [0.2, 0.25) is 11.8 Å². The van der Waals surface area contributed by atoms with E-state index >= 15 is 0 Å². The topological polar surface area (TPSA) is 125 Å². The summed E-state index contributed by atoms with van der Waals surface area (Å²) in [5.74, 6) is -4.51. The highest BCUT2D eigenvalue weighted by molar-refractivity contribution is 6.00. The van der Waals surface area contributed by atoms with Crippen LogP contribution in [-0.4, -0.2) is 43.0 Å². The summed E-state index contributed by atoms with van der Waals surface area (Å²) >= 11 is 0. The lowest BCUT2D eigenvalue weighted by Crippen LogP contribution is -2.57. The number of carbonyl (C=O) groups excluding carboxylic acids is 4. The Morgan fingerprint density at radius 1 is 0.737 bits per heavy atom. The number of primary amides is 1. The van der Waals surface area contributed by atoms with Crippen LogP contribution in [0.2, 0.25) is 0 Å². The quantitative estimate of drug-likeness (QED) is 0.282. The molecule has 38 heavy (non-hydrogen) atoms. The third-order valence-corrected chi connectivity index (χ3v) is 6.24. The molecule has 0 radical (unpaired) electrons. The third kappa shape index (κ3) is 6.08. The van der Waals surface area contributed by atoms with Crippen LogP contribution < -0.4 is 11.1 Å². The van der Waals surface area contributed by atoms with Crippen molar-refractivity contribution in [3.8, 4) is 0 Å². The normalized spacial score (nSPS) is 12.6. The first-order valence-electron chi connectivity index (χ1n) is 12.4. The second kappa shape index (κ2) is 13.2. The lowest BCUT2D eigenvalue weighted by molar-refractivity contribution is -0.157. The van der Waals surface area contributed by atoms with E-state index in [4.69, 9.17) is 15.2 Å². The van der Waals surface area contributed by atoms with Crippen molar-refractivity contribution in [2.75, 3.05) is 13.2 Å². The van der Waals surface area contributed by atoms with Crippen molar-refractivity contribution in [3.05, 3.63) is 108 Å². The summed E-state index contributed by atoms with van der Waals surface area (Å²) in [5, 5.41) is 2.72. The minimum atomic E-state index is -1.54. The predicted molar refractivity (Wildman–Crippen MR) is 142 cm³/mol. The number of rotatable bonds is 12. The number of nitrogens with one attached hydrogen (secondary N) is 1. The summed E-state index contributed by atoms with van der Waals surface area (Å²) in [4.78, 5) is 52.4. The minimum Gasteiger partial charge on any atom is -0.466 e. The molecule has 0 aromatic heterocycles. The van der Waals surface area contributed by atoms with Crippen molar-refractivity contribution in [2.45, 2.75) is 31.7 Å². The average molecular weight is 517 g/mol. The van der Waals surface area contributed by atoms with Crippen LogP contribution in [0, 0.1) is 5.92 Å². The van der Waals surface area contributed by atoms with Crippen LogP contribution in [0.15, 0.2) is 91.0 Å². The first-order valence-corrected chi connectivity index (χ1v) is 12.4. The van der Waals surface area contributed by atoms with Gasteiger partial charge in [-0.25, -0.2) is 0 Å². The highest BCUT2D eigenvalue weighted by atomic mass is 16.5. The van der Waals surface area contributed by atoms with Gasteiger partial charge in [0, 0.05) is 0 Å². The monoisotopic (exact) mass is 516 g/mol. The summed E-state index contributed by atoms with van der Waals surface area (Å²) in [6, 6.07) is 25.8. The fraction of sp³-hybridized carbons (Fsp3) is 0.267. The van der Waals surface area contributed by atoms with Crippen molar-refractivity contribution in [1.29, 1.82) is 0 Å². The van der Waals surface area contributed by atoms with Gasteiger partial charge in [-0.15, -0.1) is 0 Å². The van der Waals surface area contributed by atoms with Crippen LogP contribution in [0.5, 0.6) is 0 Å². The van der Waals surface area contributed by atoms with E-state index in [1.54, 1.807) is 13.8 Å². The third-order valence-electron chi connectivity index (χ3n) is 6.24. The maximum atomic E-state index is 14.5. The minimum absolute atomic E-state index is 0.0135. The molecule has 2 atom stereocenters. The summed E-state index contributed by atoms with van der Waals surface area (Å²) in [7, 11) is 0. The van der Waals surface area contributed by atoms with E-state index in [1.807, 2.05) is 91.0 Å². The molecule has 3 aromatic carbocycles. The molecule has 2 amide bonds. The van der Waals surface area contributed by atoms with Crippen molar-refractivity contribution in [2.24, 2.45) is 11.7 Å². The Kier molecular flexibility index (Phi) is 9.76. The van der Waals surface area contributed by atoms with Crippen LogP contribution >= 0.6 is 0 Å². The van der Waals surface area contributed by atoms with Gasteiger partial charge in [-0.1, -0.05) is 91.0 Å². The Morgan fingerprint density at radius 2 is 1.16 bits per heavy atom. The van der Waals surface area contributed by atoms with Crippen LogP contribution in [0.25, 0.3) is 0 Å². The van der Waals surface area contributed by atoms with Crippen molar-refractivity contribution < 1.29 is 28.7 Å². The molecule has 8 nitrogen and oxygen atoms in total. The molecule has 0 unspecified atom stereocenters. The molecule has 0 saturated heterocycles. The molecule has 8 heteroatoms. The van der Waals surface area contributed by atoms with Crippen molar-refractivity contribution in [1.82, 2.24) is 5.32 Å². The van der Waals surface area contributed by atoms with Crippen molar-refractivity contribution in [3.63, 3.8) is 0 Å². The van der Waals surface area contributed by atoms with E-state index in [1.165, 1.54) is 0 Å². The molecule has 198 valence electrons. The highest BCUT2D eigenvalue weighted by Gasteiger charge is 2.47. The average Bonchev–Trinajstić information content (AvgIpc) is 2.93. The fourth-order valence-corrected chi connectivity index (χ4v) is 4.56. The lowest BCUT2D eigenvalue weighted by Gasteiger charge is -2.36. The van der Waals surface area contributed by atoms with E-state index in [-0.39, 0.29) is 13.2 Å². The Labute approximate surface area is 222 Å². The number of hydrogen-bond donors (Lipinski definition) is 2. The van der Waals surface area contributed by atoms with Gasteiger partial charge < -0.3 is 20.5 Å². The summed E-state index contributed by atoms with van der Waals surface area (Å²) in [6.45, 7) is 3.32. The van der Waals surface area contributed by atoms with Gasteiger partial charge in [0.05, 0.1) is 25.6 Å². The molecule has 3 rings (SSSR count). The van der Waals surface area contributed by atoms with Crippen LogP contribution in [0.1, 0.15) is 37.0 Å². The molecule has 0 heterocycles. The molecule has 0 fully saturated rings. The zero-order valence-corrected chi connectivity index (χ0v) is 21.5. The van der Waals surface area contributed by atoms with Gasteiger partial charge in [-0.05, 0) is 30.5 Å². The number of esters is 2. The predicted octanol–water partition coefficient (Wildman–Crippen LogP) is 3.12. The molecular formula is C30H32N2O6. The number of nitrogens with two attached hydrogens (primary N) is 1. The Morgan fingerprint density at radius 3 is 1.53 bits per heavy atom. The van der Waals surface area contributed by atoms with Gasteiger partial charge >= 0.3 is 11.9 Å².